The number of benzene rings is 1. The normalized spacial score (nSPS) is 16.4. The Hall–Kier alpha value is -1.97. The molecule has 1 aromatic heterocycles. The number of fused-ring (bicyclic) bond motifs is 1. The molecule has 1 aromatic carbocycles. The van der Waals surface area contributed by atoms with Gasteiger partial charge in [0.15, 0.2) is 0 Å². The molecule has 0 amide bonds. The van der Waals surface area contributed by atoms with E-state index in [-0.39, 0.29) is 12.4 Å². The van der Waals surface area contributed by atoms with Gasteiger partial charge in [-0.25, -0.2) is 9.37 Å². The number of imidazole rings is 1. The van der Waals surface area contributed by atoms with Gasteiger partial charge >= 0.3 is 0 Å². The summed E-state index contributed by atoms with van der Waals surface area (Å²) >= 11 is 0. The third-order valence-electron chi connectivity index (χ3n) is 3.49. The van der Waals surface area contributed by atoms with Crippen LogP contribution >= 0.6 is 0 Å². The van der Waals surface area contributed by atoms with Gasteiger partial charge in [-0.2, -0.15) is 5.26 Å². The highest BCUT2D eigenvalue weighted by Gasteiger charge is 2.16. The summed E-state index contributed by atoms with van der Waals surface area (Å²) in [4.78, 5) is 6.71. The van der Waals surface area contributed by atoms with Crippen molar-refractivity contribution in [3.05, 3.63) is 29.8 Å². The van der Waals surface area contributed by atoms with Gasteiger partial charge in [0.25, 0.3) is 0 Å². The quantitative estimate of drug-likeness (QED) is 0.851. The summed E-state index contributed by atoms with van der Waals surface area (Å²) in [6.07, 6.45) is 0. The second kappa shape index (κ2) is 5.57. The van der Waals surface area contributed by atoms with Crippen molar-refractivity contribution in [2.45, 2.75) is 13.1 Å². The molecule has 6 heteroatoms. The highest BCUT2D eigenvalue weighted by molar-refractivity contribution is 5.76. The highest BCUT2D eigenvalue weighted by atomic mass is 19.1. The van der Waals surface area contributed by atoms with E-state index in [1.54, 1.807) is 6.07 Å². The molecule has 20 heavy (non-hydrogen) atoms. The first-order valence-electron chi connectivity index (χ1n) is 6.59. The number of nitrogens with zero attached hydrogens (tertiary/aromatic N) is 4. The van der Waals surface area contributed by atoms with Crippen LogP contribution in [0.4, 0.5) is 4.39 Å². The molecule has 0 saturated carbocycles. The molecule has 0 aliphatic carbocycles. The van der Waals surface area contributed by atoms with Crippen molar-refractivity contribution in [2.75, 3.05) is 26.3 Å². The Kier molecular flexibility index (Phi) is 3.63. The van der Waals surface area contributed by atoms with Crippen molar-refractivity contribution in [3.8, 4) is 6.07 Å². The molecule has 0 N–H and O–H groups in total. The minimum Gasteiger partial charge on any atom is -0.379 e. The smallest absolute Gasteiger partial charge is 0.125 e. The molecule has 3 rings (SSSR count). The average molecular weight is 274 g/mol. The summed E-state index contributed by atoms with van der Waals surface area (Å²) in [6.45, 7) is 4.01. The Morgan fingerprint density at radius 2 is 2.15 bits per heavy atom. The van der Waals surface area contributed by atoms with Crippen molar-refractivity contribution >= 4 is 11.0 Å². The van der Waals surface area contributed by atoms with Crippen LogP contribution in [0.1, 0.15) is 5.82 Å². The van der Waals surface area contributed by atoms with Gasteiger partial charge in [-0.1, -0.05) is 0 Å². The molecule has 104 valence electrons. The lowest BCUT2D eigenvalue weighted by Gasteiger charge is -2.26. The summed E-state index contributed by atoms with van der Waals surface area (Å²) < 4.78 is 20.5. The van der Waals surface area contributed by atoms with Crippen LogP contribution in [0.3, 0.4) is 0 Å². The Morgan fingerprint density at radius 1 is 1.35 bits per heavy atom. The lowest BCUT2D eigenvalue weighted by Crippen LogP contribution is -2.36. The zero-order chi connectivity index (χ0) is 13.9. The molecular weight excluding hydrogens is 259 g/mol. The minimum absolute atomic E-state index is 0.224. The van der Waals surface area contributed by atoms with E-state index >= 15 is 0 Å². The SMILES string of the molecule is N#CCn1c(CN2CCOCC2)nc2cc(F)ccc21. The third-order valence-corrected chi connectivity index (χ3v) is 3.49. The summed E-state index contributed by atoms with van der Waals surface area (Å²) in [6, 6.07) is 6.63. The van der Waals surface area contributed by atoms with Crippen molar-refractivity contribution in [2.24, 2.45) is 0 Å². The van der Waals surface area contributed by atoms with Gasteiger partial charge in [0.2, 0.25) is 0 Å². The van der Waals surface area contributed by atoms with Gasteiger partial charge in [0, 0.05) is 19.2 Å². The van der Waals surface area contributed by atoms with Gasteiger partial charge in [-0.05, 0) is 12.1 Å². The number of rotatable bonds is 3. The molecule has 0 unspecified atom stereocenters. The fourth-order valence-electron chi connectivity index (χ4n) is 2.48. The van der Waals surface area contributed by atoms with Crippen LogP contribution in [-0.4, -0.2) is 40.8 Å². The van der Waals surface area contributed by atoms with Crippen molar-refractivity contribution < 1.29 is 9.13 Å². The maximum Gasteiger partial charge on any atom is 0.125 e. The highest BCUT2D eigenvalue weighted by Crippen LogP contribution is 2.19. The predicted molar refractivity (Wildman–Crippen MR) is 71.4 cm³/mol. The zero-order valence-electron chi connectivity index (χ0n) is 11.0. The largest absolute Gasteiger partial charge is 0.379 e. The van der Waals surface area contributed by atoms with Gasteiger partial charge in [-0.15, -0.1) is 0 Å². The summed E-state index contributed by atoms with van der Waals surface area (Å²) in [5.41, 5.74) is 1.40. The van der Waals surface area contributed by atoms with Crippen LogP contribution in [0.5, 0.6) is 0 Å². The Bertz CT molecular complexity index is 655. The monoisotopic (exact) mass is 274 g/mol. The molecule has 2 aromatic rings. The van der Waals surface area contributed by atoms with Crippen molar-refractivity contribution in [1.29, 1.82) is 5.26 Å². The maximum atomic E-state index is 13.3. The van der Waals surface area contributed by atoms with Gasteiger partial charge < -0.3 is 9.30 Å². The van der Waals surface area contributed by atoms with Gasteiger partial charge in [0.05, 0.1) is 36.9 Å². The van der Waals surface area contributed by atoms with E-state index in [1.807, 2.05) is 4.57 Å². The van der Waals surface area contributed by atoms with Crippen LogP contribution in [0, 0.1) is 17.1 Å². The zero-order valence-corrected chi connectivity index (χ0v) is 11.0. The van der Waals surface area contributed by atoms with Gasteiger partial charge in [0.1, 0.15) is 18.2 Å². The third kappa shape index (κ3) is 2.50. The first-order valence-corrected chi connectivity index (χ1v) is 6.59. The molecule has 5 nitrogen and oxygen atoms in total. The molecule has 1 fully saturated rings. The standard InChI is InChI=1S/C14H15FN4O/c15-11-1-2-13-12(9-11)17-14(19(13)4-3-16)10-18-5-7-20-8-6-18/h1-2,9H,4-8,10H2. The first-order chi connectivity index (χ1) is 9.78. The van der Waals surface area contributed by atoms with Crippen LogP contribution in [0.2, 0.25) is 0 Å². The van der Waals surface area contributed by atoms with E-state index in [4.69, 9.17) is 10.00 Å². The fraction of sp³-hybridized carbons (Fsp3) is 0.429. The molecule has 1 aliphatic rings. The number of hydrogen-bond acceptors (Lipinski definition) is 4. The van der Waals surface area contributed by atoms with E-state index in [0.29, 0.717) is 25.3 Å². The number of ether oxygens (including phenoxy) is 1. The van der Waals surface area contributed by atoms with Crippen LogP contribution < -0.4 is 0 Å². The van der Waals surface area contributed by atoms with E-state index in [9.17, 15) is 4.39 Å². The molecule has 2 heterocycles. The van der Waals surface area contributed by atoms with E-state index < -0.39 is 0 Å². The van der Waals surface area contributed by atoms with E-state index in [2.05, 4.69) is 16.0 Å². The minimum atomic E-state index is -0.308. The molecule has 0 atom stereocenters. The van der Waals surface area contributed by atoms with Crippen LogP contribution in [0.25, 0.3) is 11.0 Å². The summed E-state index contributed by atoms with van der Waals surface area (Å²) in [7, 11) is 0. The Labute approximate surface area is 116 Å². The Balaban J connectivity index is 1.95. The van der Waals surface area contributed by atoms with Crippen molar-refractivity contribution in [1.82, 2.24) is 14.5 Å². The number of halogens is 1. The van der Waals surface area contributed by atoms with E-state index in [1.165, 1.54) is 12.1 Å². The lowest BCUT2D eigenvalue weighted by atomic mass is 10.3. The van der Waals surface area contributed by atoms with Crippen LogP contribution in [0.15, 0.2) is 18.2 Å². The Morgan fingerprint density at radius 3 is 2.90 bits per heavy atom. The number of nitriles is 1. The molecule has 1 saturated heterocycles. The molecular formula is C14H15FN4O. The summed E-state index contributed by atoms with van der Waals surface area (Å²) in [5, 5.41) is 8.98. The number of morpholine rings is 1. The fourth-order valence-corrected chi connectivity index (χ4v) is 2.48. The molecule has 0 radical (unpaired) electrons. The maximum absolute atomic E-state index is 13.3. The lowest BCUT2D eigenvalue weighted by molar-refractivity contribution is 0.0327. The first kappa shape index (κ1) is 13.0. The number of aromatic nitrogens is 2. The molecule has 1 aliphatic heterocycles. The van der Waals surface area contributed by atoms with Crippen molar-refractivity contribution in [3.63, 3.8) is 0 Å². The molecule has 0 bridgehead atoms. The molecule has 0 spiro atoms. The number of hydrogen-bond donors (Lipinski definition) is 0. The second-order valence-electron chi connectivity index (χ2n) is 4.79. The topological polar surface area (TPSA) is 54.1 Å². The van der Waals surface area contributed by atoms with Gasteiger partial charge in [-0.3, -0.25) is 4.90 Å². The average Bonchev–Trinajstić information content (AvgIpc) is 2.77. The summed E-state index contributed by atoms with van der Waals surface area (Å²) in [5.74, 6) is 0.492. The second-order valence-corrected chi connectivity index (χ2v) is 4.79. The van der Waals surface area contributed by atoms with Crippen LogP contribution in [-0.2, 0) is 17.8 Å². The predicted octanol–water partition coefficient (Wildman–Crippen LogP) is 1.53. The van der Waals surface area contributed by atoms with E-state index in [0.717, 1.165) is 24.4 Å².